The number of nitrogens with one attached hydrogen (secondary N) is 1. The maximum absolute atomic E-state index is 12.1. The lowest BCUT2D eigenvalue weighted by Crippen LogP contribution is -2.36. The van der Waals surface area contributed by atoms with Crippen molar-refractivity contribution in [1.29, 1.82) is 0 Å². The van der Waals surface area contributed by atoms with Gasteiger partial charge in [-0.15, -0.1) is 0 Å². The fraction of sp³-hybridized carbons (Fsp3) is 0.300. The highest BCUT2D eigenvalue weighted by Crippen LogP contribution is 2.13. The SMILES string of the molecule is C[C@@H](CCc1ccccc1)NC(=O)COC(=O)c1ccccc1[S@@](C)=O. The highest BCUT2D eigenvalue weighted by Gasteiger charge is 2.16. The third kappa shape index (κ3) is 6.11. The van der Waals surface area contributed by atoms with Crippen molar-refractivity contribution in [2.75, 3.05) is 12.9 Å². The largest absolute Gasteiger partial charge is 0.452 e. The van der Waals surface area contributed by atoms with Gasteiger partial charge in [0.15, 0.2) is 6.61 Å². The molecule has 0 spiro atoms. The second-order valence-electron chi connectivity index (χ2n) is 6.02. The minimum absolute atomic E-state index is 0.0307. The standard InChI is InChI=1S/C20H23NO4S/c1-15(12-13-16-8-4-3-5-9-16)21-19(22)14-25-20(23)17-10-6-7-11-18(17)26(2)24/h3-11,15H,12-14H2,1-2H3,(H,21,22)/t15-,26+/m0/s1. The van der Waals surface area contributed by atoms with E-state index >= 15 is 0 Å². The fourth-order valence-corrected chi connectivity index (χ4v) is 3.24. The van der Waals surface area contributed by atoms with Crippen molar-refractivity contribution in [2.45, 2.75) is 30.7 Å². The van der Waals surface area contributed by atoms with E-state index in [4.69, 9.17) is 4.74 Å². The first-order valence-corrected chi connectivity index (χ1v) is 9.96. The molecular formula is C20H23NO4S. The van der Waals surface area contributed by atoms with Crippen molar-refractivity contribution >= 4 is 22.7 Å². The zero-order chi connectivity index (χ0) is 18.9. The quantitative estimate of drug-likeness (QED) is 0.722. The smallest absolute Gasteiger partial charge is 0.339 e. The summed E-state index contributed by atoms with van der Waals surface area (Å²) in [7, 11) is -1.31. The predicted octanol–water partition coefficient (Wildman–Crippen LogP) is 2.72. The molecular weight excluding hydrogens is 350 g/mol. The molecule has 0 aromatic heterocycles. The third-order valence-corrected chi connectivity index (χ3v) is 4.84. The number of aryl methyl sites for hydroxylation is 1. The Morgan fingerprint density at radius 1 is 1.08 bits per heavy atom. The predicted molar refractivity (Wildman–Crippen MR) is 101 cm³/mol. The van der Waals surface area contributed by atoms with Crippen LogP contribution in [-0.2, 0) is 26.8 Å². The summed E-state index contributed by atoms with van der Waals surface area (Å²) >= 11 is 0. The van der Waals surface area contributed by atoms with Gasteiger partial charge in [-0.05, 0) is 37.5 Å². The summed E-state index contributed by atoms with van der Waals surface area (Å²) < 4.78 is 16.7. The number of esters is 1. The maximum Gasteiger partial charge on any atom is 0.339 e. The molecule has 2 atom stereocenters. The molecule has 1 amide bonds. The van der Waals surface area contributed by atoms with Gasteiger partial charge in [-0.1, -0.05) is 42.5 Å². The van der Waals surface area contributed by atoms with E-state index in [1.165, 1.54) is 11.8 Å². The molecule has 0 unspecified atom stereocenters. The lowest BCUT2D eigenvalue weighted by molar-refractivity contribution is -0.124. The molecule has 0 fully saturated rings. The van der Waals surface area contributed by atoms with E-state index in [1.54, 1.807) is 24.3 Å². The molecule has 0 aliphatic rings. The Hall–Kier alpha value is -2.47. The minimum Gasteiger partial charge on any atom is -0.452 e. The first kappa shape index (κ1) is 19.8. The number of amides is 1. The molecule has 0 saturated carbocycles. The van der Waals surface area contributed by atoms with Gasteiger partial charge in [0.2, 0.25) is 0 Å². The van der Waals surface area contributed by atoms with Crippen LogP contribution in [0.1, 0.15) is 29.3 Å². The van der Waals surface area contributed by atoms with E-state index in [-0.39, 0.29) is 24.1 Å². The van der Waals surface area contributed by atoms with Gasteiger partial charge in [0, 0.05) is 12.3 Å². The van der Waals surface area contributed by atoms with Gasteiger partial charge in [-0.25, -0.2) is 4.79 Å². The second kappa shape index (κ2) is 9.87. The summed E-state index contributed by atoms with van der Waals surface area (Å²) in [6, 6.07) is 16.5. The molecule has 0 bridgehead atoms. The third-order valence-electron chi connectivity index (χ3n) is 3.87. The van der Waals surface area contributed by atoms with E-state index in [9.17, 15) is 13.8 Å². The van der Waals surface area contributed by atoms with Gasteiger partial charge < -0.3 is 10.1 Å². The van der Waals surface area contributed by atoms with Crippen molar-refractivity contribution in [1.82, 2.24) is 5.32 Å². The van der Waals surface area contributed by atoms with Crippen molar-refractivity contribution in [2.24, 2.45) is 0 Å². The average Bonchev–Trinajstić information content (AvgIpc) is 2.65. The summed E-state index contributed by atoms with van der Waals surface area (Å²) in [6.07, 6.45) is 3.15. The molecule has 6 heteroatoms. The summed E-state index contributed by atoms with van der Waals surface area (Å²) in [5.41, 5.74) is 1.43. The molecule has 0 aliphatic carbocycles. The van der Waals surface area contributed by atoms with Crippen LogP contribution in [-0.4, -0.2) is 35.0 Å². The number of ether oxygens (including phenoxy) is 1. The number of hydrogen-bond donors (Lipinski definition) is 1. The van der Waals surface area contributed by atoms with Gasteiger partial charge in [-0.2, -0.15) is 0 Å². The van der Waals surface area contributed by atoms with Crippen molar-refractivity contribution in [3.8, 4) is 0 Å². The molecule has 0 aliphatic heterocycles. The van der Waals surface area contributed by atoms with Gasteiger partial charge >= 0.3 is 5.97 Å². The van der Waals surface area contributed by atoms with Crippen LogP contribution < -0.4 is 5.32 Å². The lowest BCUT2D eigenvalue weighted by Gasteiger charge is -2.14. The monoisotopic (exact) mass is 373 g/mol. The van der Waals surface area contributed by atoms with E-state index in [0.29, 0.717) is 4.90 Å². The Kier molecular flexibility index (Phi) is 7.53. The summed E-state index contributed by atoms with van der Waals surface area (Å²) in [5.74, 6) is -1.00. The Morgan fingerprint density at radius 3 is 2.42 bits per heavy atom. The zero-order valence-electron chi connectivity index (χ0n) is 14.9. The van der Waals surface area contributed by atoms with Gasteiger partial charge in [0.25, 0.3) is 5.91 Å². The van der Waals surface area contributed by atoms with Crippen LogP contribution in [0.15, 0.2) is 59.5 Å². The Balaban J connectivity index is 1.79. The van der Waals surface area contributed by atoms with Crippen molar-refractivity contribution < 1.29 is 18.5 Å². The lowest BCUT2D eigenvalue weighted by atomic mass is 10.1. The van der Waals surface area contributed by atoms with E-state index in [0.717, 1.165) is 12.8 Å². The number of carbonyl (C=O) groups is 2. The van der Waals surface area contributed by atoms with Crippen LogP contribution in [0.2, 0.25) is 0 Å². The first-order valence-electron chi connectivity index (χ1n) is 8.40. The Labute approximate surface area is 156 Å². The van der Waals surface area contributed by atoms with E-state index in [2.05, 4.69) is 5.32 Å². The van der Waals surface area contributed by atoms with E-state index < -0.39 is 16.8 Å². The van der Waals surface area contributed by atoms with Crippen LogP contribution in [0.3, 0.4) is 0 Å². The minimum atomic E-state index is -1.31. The van der Waals surface area contributed by atoms with Crippen molar-refractivity contribution in [3.63, 3.8) is 0 Å². The second-order valence-corrected chi connectivity index (χ2v) is 7.37. The topological polar surface area (TPSA) is 72.5 Å². The number of carbonyl (C=O) groups excluding carboxylic acids is 2. The highest BCUT2D eigenvalue weighted by atomic mass is 32.2. The van der Waals surface area contributed by atoms with E-state index in [1.807, 2.05) is 37.3 Å². The van der Waals surface area contributed by atoms with Crippen LogP contribution >= 0.6 is 0 Å². The van der Waals surface area contributed by atoms with Crippen LogP contribution in [0.5, 0.6) is 0 Å². The van der Waals surface area contributed by atoms with Crippen molar-refractivity contribution in [3.05, 3.63) is 65.7 Å². The molecule has 26 heavy (non-hydrogen) atoms. The normalized spacial score (nSPS) is 12.8. The molecule has 5 nitrogen and oxygen atoms in total. The number of hydrogen-bond acceptors (Lipinski definition) is 4. The Morgan fingerprint density at radius 2 is 1.73 bits per heavy atom. The molecule has 2 aromatic carbocycles. The molecule has 0 radical (unpaired) electrons. The zero-order valence-corrected chi connectivity index (χ0v) is 15.8. The fourth-order valence-electron chi connectivity index (χ4n) is 2.51. The molecule has 2 aromatic rings. The summed E-state index contributed by atoms with van der Waals surface area (Å²) in [5, 5.41) is 2.82. The molecule has 0 heterocycles. The molecule has 1 N–H and O–H groups in total. The number of rotatable bonds is 8. The van der Waals surface area contributed by atoms with Crippen LogP contribution in [0, 0.1) is 0 Å². The van der Waals surface area contributed by atoms with Gasteiger partial charge in [0.1, 0.15) is 0 Å². The summed E-state index contributed by atoms with van der Waals surface area (Å²) in [4.78, 5) is 24.5. The highest BCUT2D eigenvalue weighted by molar-refractivity contribution is 7.84. The van der Waals surface area contributed by atoms with Gasteiger partial charge in [0.05, 0.1) is 21.3 Å². The average molecular weight is 373 g/mol. The molecule has 0 saturated heterocycles. The molecule has 138 valence electrons. The van der Waals surface area contributed by atoms with Gasteiger partial charge in [-0.3, -0.25) is 9.00 Å². The van der Waals surface area contributed by atoms with Crippen LogP contribution in [0.25, 0.3) is 0 Å². The van der Waals surface area contributed by atoms with Crippen LogP contribution in [0.4, 0.5) is 0 Å². The maximum atomic E-state index is 12.1. The number of benzene rings is 2. The first-order chi connectivity index (χ1) is 12.5. The summed E-state index contributed by atoms with van der Waals surface area (Å²) in [6.45, 7) is 1.55. The molecule has 2 rings (SSSR count). The Bertz CT molecular complexity index is 776.